The molecule has 3 atom stereocenters. The lowest BCUT2D eigenvalue weighted by molar-refractivity contribution is 0.224. The van der Waals surface area contributed by atoms with Crippen LogP contribution >= 0.6 is 0 Å². The average Bonchev–Trinajstić information content (AvgIpc) is 3.05. The van der Waals surface area contributed by atoms with Crippen molar-refractivity contribution >= 4 is 5.82 Å². The molecule has 126 valence electrons. The molecule has 0 amide bonds. The molecule has 0 unspecified atom stereocenters. The third-order valence-corrected chi connectivity index (χ3v) is 5.48. The Morgan fingerprint density at radius 3 is 2.88 bits per heavy atom. The van der Waals surface area contributed by atoms with Gasteiger partial charge in [-0.15, -0.1) is 0 Å². The number of nitrogens with zero attached hydrogens (tertiary/aromatic N) is 3. The number of likely N-dealkylation sites (tertiary alicyclic amines) is 2. The van der Waals surface area contributed by atoms with Gasteiger partial charge in [-0.3, -0.25) is 9.80 Å². The van der Waals surface area contributed by atoms with Crippen LogP contribution in [0.4, 0.5) is 10.2 Å². The van der Waals surface area contributed by atoms with Gasteiger partial charge in [0.25, 0.3) is 0 Å². The van der Waals surface area contributed by atoms with Crippen LogP contribution in [0.3, 0.4) is 0 Å². The minimum Gasteiger partial charge on any atom is -0.383 e. The van der Waals surface area contributed by atoms with E-state index in [2.05, 4.69) is 21.8 Å². The minimum atomic E-state index is -0.151. The average molecular weight is 326 g/mol. The number of rotatable bonds is 3. The smallest absolute Gasteiger partial charge is 0.127 e. The number of nitrogen functional groups attached to an aromatic ring is 1. The van der Waals surface area contributed by atoms with Crippen LogP contribution in [0.2, 0.25) is 0 Å². The normalized spacial score (nSPS) is 27.5. The predicted octanol–water partition coefficient (Wildman–Crippen LogP) is 2.54. The Morgan fingerprint density at radius 2 is 2.08 bits per heavy atom. The van der Waals surface area contributed by atoms with E-state index in [0.717, 1.165) is 37.3 Å². The molecule has 2 aliphatic heterocycles. The molecule has 0 radical (unpaired) electrons. The summed E-state index contributed by atoms with van der Waals surface area (Å²) < 4.78 is 13.7. The van der Waals surface area contributed by atoms with Crippen molar-refractivity contribution in [1.29, 1.82) is 0 Å². The lowest BCUT2D eigenvalue weighted by atomic mass is 9.89. The lowest BCUT2D eigenvalue weighted by Crippen LogP contribution is -2.29. The van der Waals surface area contributed by atoms with Crippen LogP contribution in [0, 0.1) is 17.7 Å². The van der Waals surface area contributed by atoms with E-state index in [0.29, 0.717) is 23.7 Å². The van der Waals surface area contributed by atoms with E-state index in [1.807, 2.05) is 24.3 Å². The van der Waals surface area contributed by atoms with Crippen molar-refractivity contribution in [2.45, 2.75) is 12.6 Å². The van der Waals surface area contributed by atoms with Crippen LogP contribution in [0.15, 0.2) is 42.6 Å². The second-order valence-corrected chi connectivity index (χ2v) is 7.11. The standard InChI is InChI=1S/C19H23FN4/c1-23-9-15-11-24(10-14-5-3-7-22-19(14)21)12-17(15)18(23)13-4-2-6-16(20)8-13/h2-8,15,17-18H,9-12H2,1H3,(H2,21,22)/t15-,17+,18-/m0/s1. The Morgan fingerprint density at radius 1 is 1.21 bits per heavy atom. The van der Waals surface area contributed by atoms with E-state index in [1.165, 1.54) is 6.07 Å². The molecule has 4 nitrogen and oxygen atoms in total. The number of pyridine rings is 1. The van der Waals surface area contributed by atoms with E-state index >= 15 is 0 Å². The molecule has 5 heteroatoms. The first-order valence-corrected chi connectivity index (χ1v) is 8.49. The SMILES string of the molecule is CN1C[C@H]2CN(Cc3cccnc3N)C[C@H]2[C@@H]1c1cccc(F)c1. The molecule has 2 saturated heterocycles. The van der Waals surface area contributed by atoms with E-state index in [1.54, 1.807) is 12.3 Å². The summed E-state index contributed by atoms with van der Waals surface area (Å²) in [6, 6.07) is 11.3. The Kier molecular flexibility index (Phi) is 3.98. The fraction of sp³-hybridized carbons (Fsp3) is 0.421. The van der Waals surface area contributed by atoms with Crippen molar-refractivity contribution < 1.29 is 4.39 Å². The number of benzene rings is 1. The van der Waals surface area contributed by atoms with E-state index in [-0.39, 0.29) is 5.82 Å². The number of nitrogens with two attached hydrogens (primary N) is 1. The third kappa shape index (κ3) is 2.78. The molecule has 0 aliphatic carbocycles. The third-order valence-electron chi connectivity index (χ3n) is 5.48. The zero-order valence-electron chi connectivity index (χ0n) is 13.9. The largest absolute Gasteiger partial charge is 0.383 e. The lowest BCUT2D eigenvalue weighted by Gasteiger charge is -2.27. The molecule has 0 saturated carbocycles. The van der Waals surface area contributed by atoms with Crippen LogP contribution in [-0.2, 0) is 6.54 Å². The number of hydrogen-bond acceptors (Lipinski definition) is 4. The zero-order chi connectivity index (χ0) is 16.7. The summed E-state index contributed by atoms with van der Waals surface area (Å²) in [7, 11) is 2.15. The van der Waals surface area contributed by atoms with Crippen molar-refractivity contribution in [3.8, 4) is 0 Å². The van der Waals surface area contributed by atoms with Gasteiger partial charge in [-0.05, 0) is 42.6 Å². The van der Waals surface area contributed by atoms with Gasteiger partial charge < -0.3 is 5.73 Å². The van der Waals surface area contributed by atoms with Gasteiger partial charge in [0.05, 0.1) is 0 Å². The van der Waals surface area contributed by atoms with Crippen LogP contribution in [0.1, 0.15) is 17.2 Å². The molecular formula is C19H23FN4. The topological polar surface area (TPSA) is 45.4 Å². The number of aromatic nitrogens is 1. The molecule has 3 heterocycles. The minimum absolute atomic E-state index is 0.151. The maximum atomic E-state index is 13.7. The van der Waals surface area contributed by atoms with Gasteiger partial charge >= 0.3 is 0 Å². The highest BCUT2D eigenvalue weighted by Crippen LogP contribution is 2.44. The van der Waals surface area contributed by atoms with Gasteiger partial charge in [-0.2, -0.15) is 0 Å². The van der Waals surface area contributed by atoms with Crippen molar-refractivity contribution in [3.63, 3.8) is 0 Å². The first-order valence-electron chi connectivity index (χ1n) is 8.49. The number of halogens is 1. The molecule has 24 heavy (non-hydrogen) atoms. The van der Waals surface area contributed by atoms with Crippen molar-refractivity contribution in [1.82, 2.24) is 14.8 Å². The maximum absolute atomic E-state index is 13.7. The molecule has 2 aromatic rings. The molecule has 0 bridgehead atoms. The summed E-state index contributed by atoms with van der Waals surface area (Å²) in [5, 5.41) is 0. The Hall–Kier alpha value is -1.98. The fourth-order valence-corrected chi connectivity index (χ4v) is 4.50. The molecular weight excluding hydrogens is 303 g/mol. The molecule has 1 aromatic heterocycles. The van der Waals surface area contributed by atoms with Gasteiger partial charge in [0, 0.05) is 44.0 Å². The summed E-state index contributed by atoms with van der Waals surface area (Å²) in [5.41, 5.74) is 8.17. The fourth-order valence-electron chi connectivity index (χ4n) is 4.50. The zero-order valence-corrected chi connectivity index (χ0v) is 13.9. The molecule has 2 aliphatic rings. The molecule has 2 fully saturated rings. The van der Waals surface area contributed by atoms with Crippen LogP contribution < -0.4 is 5.73 Å². The molecule has 0 spiro atoms. The Balaban J connectivity index is 1.52. The van der Waals surface area contributed by atoms with Crippen LogP contribution in [0.25, 0.3) is 0 Å². The van der Waals surface area contributed by atoms with Gasteiger partial charge in [0.15, 0.2) is 0 Å². The van der Waals surface area contributed by atoms with Crippen molar-refractivity contribution in [2.24, 2.45) is 11.8 Å². The van der Waals surface area contributed by atoms with Gasteiger partial charge in [-0.25, -0.2) is 9.37 Å². The molecule has 2 N–H and O–H groups in total. The van der Waals surface area contributed by atoms with E-state index in [9.17, 15) is 4.39 Å². The molecule has 4 rings (SSSR count). The Labute approximate surface area is 142 Å². The second kappa shape index (κ2) is 6.15. The quantitative estimate of drug-likeness (QED) is 0.941. The highest BCUT2D eigenvalue weighted by atomic mass is 19.1. The summed E-state index contributed by atoms with van der Waals surface area (Å²) in [6.45, 7) is 3.98. The van der Waals surface area contributed by atoms with E-state index < -0.39 is 0 Å². The van der Waals surface area contributed by atoms with Gasteiger partial charge in [0.1, 0.15) is 11.6 Å². The van der Waals surface area contributed by atoms with Crippen LogP contribution in [0.5, 0.6) is 0 Å². The number of anilines is 1. The van der Waals surface area contributed by atoms with Gasteiger partial charge in [0.2, 0.25) is 0 Å². The summed E-state index contributed by atoms with van der Waals surface area (Å²) in [4.78, 5) is 9.01. The molecule has 1 aromatic carbocycles. The second-order valence-electron chi connectivity index (χ2n) is 7.11. The maximum Gasteiger partial charge on any atom is 0.127 e. The Bertz CT molecular complexity index is 735. The summed E-state index contributed by atoms with van der Waals surface area (Å²) >= 11 is 0. The first-order chi connectivity index (χ1) is 11.6. The van der Waals surface area contributed by atoms with Crippen molar-refractivity contribution in [3.05, 3.63) is 59.5 Å². The highest BCUT2D eigenvalue weighted by molar-refractivity contribution is 5.38. The summed E-state index contributed by atoms with van der Waals surface area (Å²) in [6.07, 6.45) is 1.73. The first kappa shape index (κ1) is 15.5. The number of hydrogen-bond donors (Lipinski definition) is 1. The predicted molar refractivity (Wildman–Crippen MR) is 92.7 cm³/mol. The summed E-state index contributed by atoms with van der Waals surface area (Å²) in [5.74, 6) is 1.63. The van der Waals surface area contributed by atoms with Gasteiger partial charge in [-0.1, -0.05) is 18.2 Å². The number of fused-ring (bicyclic) bond motifs is 1. The highest BCUT2D eigenvalue weighted by Gasteiger charge is 2.46. The van der Waals surface area contributed by atoms with Crippen molar-refractivity contribution in [2.75, 3.05) is 32.4 Å². The van der Waals surface area contributed by atoms with E-state index in [4.69, 9.17) is 5.73 Å². The monoisotopic (exact) mass is 326 g/mol. The van der Waals surface area contributed by atoms with Crippen LogP contribution in [-0.4, -0.2) is 41.5 Å².